The number of carbonyl (C=O) groups is 11. The van der Waals surface area contributed by atoms with Crippen LogP contribution < -0.4 is 5.32 Å². The predicted octanol–water partition coefficient (Wildman–Crippen LogP) is 0.828. The SMILES string of the molecule is CC(=O)N[C@H]1[C@@H](OCc2ccccc2)O[C@H](CO[C@@H]2O[C@H](COC(C)=O)[C@@H](OC(C)=O)[C@H](OC(C)=O)[C@H]2N2C(=O)c3ccccc3C2=O)[C@@H](O)[C@@H]1O[C@@H]1O[C@H](COC(C)=O)[C@@H](OC(C)=O)[C@H](OC(C)=O)[C@H]1N1C(=O)c2ccccc2C1=O. The normalized spacial score (nSPS) is 29.4. The number of fused-ring (bicyclic) bond motifs is 2. The number of nitrogens with one attached hydrogen (secondary N) is 1. The first kappa shape index (κ1) is 60.1. The number of hydrogen-bond donors (Lipinski definition) is 2. The molecule has 3 aromatic rings. The molecule has 438 valence electrons. The molecule has 3 saturated heterocycles. The number of hydrogen-bond acceptors (Lipinski definition) is 24. The van der Waals surface area contributed by atoms with Crippen LogP contribution in [-0.4, -0.2) is 192 Å². The summed E-state index contributed by atoms with van der Waals surface area (Å²) >= 11 is 0. The van der Waals surface area contributed by atoms with Crippen LogP contribution >= 0.6 is 0 Å². The maximum Gasteiger partial charge on any atom is 0.303 e. The molecule has 0 saturated carbocycles. The Labute approximate surface area is 467 Å². The molecule has 0 radical (unpaired) electrons. The van der Waals surface area contributed by atoms with Crippen molar-refractivity contribution in [3.8, 4) is 0 Å². The minimum absolute atomic E-state index is 0.0676. The molecule has 0 bridgehead atoms. The van der Waals surface area contributed by atoms with E-state index >= 15 is 0 Å². The third-order valence-electron chi connectivity index (χ3n) is 13.6. The number of imide groups is 2. The summed E-state index contributed by atoms with van der Waals surface area (Å²) in [5.74, 6) is -10.0. The van der Waals surface area contributed by atoms with Gasteiger partial charge in [-0.05, 0) is 29.8 Å². The molecule has 5 aliphatic heterocycles. The number of ether oxygens (including phenoxy) is 12. The van der Waals surface area contributed by atoms with Crippen LogP contribution in [-0.2, 0) is 97.0 Å². The van der Waals surface area contributed by atoms with Crippen LogP contribution in [0.25, 0.3) is 0 Å². The van der Waals surface area contributed by atoms with Gasteiger partial charge >= 0.3 is 35.8 Å². The highest BCUT2D eigenvalue weighted by atomic mass is 16.7. The summed E-state index contributed by atoms with van der Waals surface area (Å²) in [5, 5.41) is 15.4. The van der Waals surface area contributed by atoms with Crippen molar-refractivity contribution in [1.29, 1.82) is 0 Å². The first-order valence-electron chi connectivity index (χ1n) is 25.8. The van der Waals surface area contributed by atoms with Crippen LogP contribution in [0.4, 0.5) is 0 Å². The second-order valence-corrected chi connectivity index (χ2v) is 19.5. The van der Waals surface area contributed by atoms with Crippen LogP contribution in [0.3, 0.4) is 0 Å². The highest BCUT2D eigenvalue weighted by Gasteiger charge is 2.61. The van der Waals surface area contributed by atoms with Crippen LogP contribution in [0.2, 0.25) is 0 Å². The molecule has 2 N–H and O–H groups in total. The fraction of sp³-hybridized carbons (Fsp3) is 0.473. The quantitative estimate of drug-likeness (QED) is 0.0953. The van der Waals surface area contributed by atoms with Crippen molar-refractivity contribution in [3.05, 3.63) is 107 Å². The van der Waals surface area contributed by atoms with E-state index in [1.807, 2.05) is 0 Å². The summed E-state index contributed by atoms with van der Waals surface area (Å²) in [6, 6.07) is 14.7. The van der Waals surface area contributed by atoms with Crippen LogP contribution in [0.5, 0.6) is 0 Å². The van der Waals surface area contributed by atoms with Gasteiger partial charge in [0.1, 0.15) is 61.9 Å². The molecule has 0 aromatic heterocycles. The number of aliphatic hydroxyl groups is 1. The van der Waals surface area contributed by atoms with E-state index in [9.17, 15) is 57.8 Å². The summed E-state index contributed by atoms with van der Waals surface area (Å²) in [4.78, 5) is 149. The highest BCUT2D eigenvalue weighted by molar-refractivity contribution is 6.22. The van der Waals surface area contributed by atoms with E-state index in [0.29, 0.717) is 15.4 Å². The third-order valence-corrected chi connectivity index (χ3v) is 13.6. The lowest BCUT2D eigenvalue weighted by Gasteiger charge is -2.51. The Balaban J connectivity index is 1.23. The molecule has 82 heavy (non-hydrogen) atoms. The topological polar surface area (TPSA) is 337 Å². The smallest absolute Gasteiger partial charge is 0.303 e. The van der Waals surface area contributed by atoms with Gasteiger partial charge in [0.15, 0.2) is 43.3 Å². The van der Waals surface area contributed by atoms with Crippen LogP contribution in [0.15, 0.2) is 78.9 Å². The maximum absolute atomic E-state index is 14.5. The Hall–Kier alpha value is -8.05. The Morgan fingerprint density at radius 3 is 1.27 bits per heavy atom. The lowest BCUT2D eigenvalue weighted by atomic mass is 9.93. The Kier molecular flexibility index (Phi) is 18.9. The second kappa shape index (κ2) is 25.8. The van der Waals surface area contributed by atoms with Crippen LogP contribution in [0.1, 0.15) is 95.5 Å². The maximum atomic E-state index is 14.5. The fourth-order valence-electron chi connectivity index (χ4n) is 10.4. The molecule has 27 nitrogen and oxygen atoms in total. The summed E-state index contributed by atoms with van der Waals surface area (Å²) in [6.45, 7) is 4.80. The van der Waals surface area contributed by atoms with Gasteiger partial charge in [-0.3, -0.25) is 62.5 Å². The van der Waals surface area contributed by atoms with Gasteiger partial charge in [-0.25, -0.2) is 0 Å². The molecule has 0 unspecified atom stereocenters. The van der Waals surface area contributed by atoms with Gasteiger partial charge in [0.05, 0.1) is 35.5 Å². The van der Waals surface area contributed by atoms with E-state index < -0.39 is 177 Å². The van der Waals surface area contributed by atoms with Crippen molar-refractivity contribution in [2.45, 2.75) is 147 Å². The van der Waals surface area contributed by atoms with Gasteiger partial charge in [-0.15, -0.1) is 0 Å². The Morgan fingerprint density at radius 1 is 0.463 bits per heavy atom. The van der Waals surface area contributed by atoms with Crippen molar-refractivity contribution in [2.75, 3.05) is 19.8 Å². The lowest BCUT2D eigenvalue weighted by molar-refractivity contribution is -0.342. The van der Waals surface area contributed by atoms with Gasteiger partial charge in [0.25, 0.3) is 23.6 Å². The zero-order valence-corrected chi connectivity index (χ0v) is 45.2. The van der Waals surface area contributed by atoms with Crippen molar-refractivity contribution >= 4 is 65.4 Å². The monoisotopic (exact) mass is 1150 g/mol. The minimum atomic E-state index is -2.08. The number of nitrogens with zero attached hydrogens (tertiary/aromatic N) is 2. The number of carbonyl (C=O) groups excluding carboxylic acids is 11. The molecule has 5 heterocycles. The molecule has 3 aromatic carbocycles. The van der Waals surface area contributed by atoms with Crippen molar-refractivity contribution in [3.63, 3.8) is 0 Å². The second-order valence-electron chi connectivity index (χ2n) is 19.5. The number of aliphatic hydroxyl groups excluding tert-OH is 1. The number of amides is 5. The van der Waals surface area contributed by atoms with Gasteiger partial charge in [0, 0.05) is 48.5 Å². The fourth-order valence-corrected chi connectivity index (χ4v) is 10.4. The number of benzene rings is 3. The minimum Gasteiger partial charge on any atom is -0.463 e. The van der Waals surface area contributed by atoms with Crippen molar-refractivity contribution in [2.24, 2.45) is 0 Å². The average molecular weight is 1150 g/mol. The Morgan fingerprint density at radius 2 is 0.854 bits per heavy atom. The van der Waals surface area contributed by atoms with E-state index in [-0.39, 0.29) is 28.9 Å². The Bertz CT molecular complexity index is 2900. The molecule has 27 heteroatoms. The third kappa shape index (κ3) is 13.2. The van der Waals surface area contributed by atoms with Crippen molar-refractivity contribution in [1.82, 2.24) is 15.1 Å². The van der Waals surface area contributed by atoms with E-state index in [0.717, 1.165) is 48.5 Å². The van der Waals surface area contributed by atoms with E-state index in [4.69, 9.17) is 56.8 Å². The molecule has 5 amide bonds. The molecule has 5 aliphatic rings. The number of esters is 6. The molecule has 15 atom stereocenters. The van der Waals surface area contributed by atoms with Crippen molar-refractivity contribution < 1.29 is 115 Å². The van der Waals surface area contributed by atoms with Gasteiger partial charge in [-0.1, -0.05) is 54.6 Å². The first-order chi connectivity index (χ1) is 39.0. The molecule has 8 rings (SSSR count). The molecule has 0 aliphatic carbocycles. The standard InChI is InChI=1S/C55H59N3O24/c1-25(59)56-40-46(82-55-42(58-51(69)35-19-13-14-20-36(35)52(58)70)48(78-31(7)65)45(76-29(5)63)39(81-55)24-72-27(3)61)43(66)37(79-53(40)73-21-32-15-9-8-10-16-32)22-74-54-41(57-49(67)33-17-11-12-18-34(33)50(57)68)47(77-30(6)64)44(75-28(4)62)38(80-54)23-71-26(2)60/h8-20,37-48,53-55,66H,21-24H2,1-7H3,(H,56,59)/t37-,38-,39-,40-,41-,42-,43-,44-,45-,46-,47-,48-,53+,54-,55+/m1/s1. The van der Waals surface area contributed by atoms with Crippen LogP contribution in [0, 0.1) is 0 Å². The summed E-state index contributed by atoms with van der Waals surface area (Å²) in [7, 11) is 0. The van der Waals surface area contributed by atoms with E-state index in [1.165, 1.54) is 48.5 Å². The van der Waals surface area contributed by atoms with E-state index in [1.54, 1.807) is 30.3 Å². The summed E-state index contributed by atoms with van der Waals surface area (Å²) in [6.07, 6.45) is -21.6. The molecule has 0 spiro atoms. The molecular weight excluding hydrogens is 1090 g/mol. The van der Waals surface area contributed by atoms with E-state index in [2.05, 4.69) is 5.32 Å². The van der Waals surface area contributed by atoms with Gasteiger partial charge in [-0.2, -0.15) is 0 Å². The number of rotatable bonds is 19. The first-order valence-corrected chi connectivity index (χ1v) is 25.8. The lowest BCUT2D eigenvalue weighted by Crippen LogP contribution is -2.71. The predicted molar refractivity (Wildman–Crippen MR) is 269 cm³/mol. The highest BCUT2D eigenvalue weighted by Crippen LogP contribution is 2.40. The average Bonchev–Trinajstić information content (AvgIpc) is 2.12. The van der Waals surface area contributed by atoms with Gasteiger partial charge in [0.2, 0.25) is 5.91 Å². The summed E-state index contributed by atoms with van der Waals surface area (Å²) in [5.41, 5.74) is 0.255. The largest absolute Gasteiger partial charge is 0.463 e. The summed E-state index contributed by atoms with van der Waals surface area (Å²) < 4.78 is 72.1. The zero-order valence-electron chi connectivity index (χ0n) is 45.2. The molecule has 3 fully saturated rings. The zero-order chi connectivity index (χ0) is 59.3. The van der Waals surface area contributed by atoms with Gasteiger partial charge < -0.3 is 67.3 Å². The molecular formula is C55H59N3O24.